The van der Waals surface area contributed by atoms with Gasteiger partial charge in [-0.05, 0) is 67.1 Å². The van der Waals surface area contributed by atoms with Crippen LogP contribution in [0.3, 0.4) is 0 Å². The number of carbonyl (C=O) groups excluding carboxylic acids is 3. The Bertz CT molecular complexity index is 1920. The Kier molecular flexibility index (Phi) is 9.70. The van der Waals surface area contributed by atoms with Gasteiger partial charge in [-0.15, -0.1) is 11.8 Å². The average Bonchev–Trinajstić information content (AvgIpc) is 3.27. The molecule has 3 aromatic carbocycles. The van der Waals surface area contributed by atoms with Gasteiger partial charge in [0.25, 0.3) is 17.4 Å². The Morgan fingerprint density at radius 1 is 0.889 bits per heavy atom. The van der Waals surface area contributed by atoms with Crippen LogP contribution in [0.2, 0.25) is 0 Å². The summed E-state index contributed by atoms with van der Waals surface area (Å²) >= 11 is 1.26. The maximum atomic E-state index is 13.3. The normalized spacial score (nSPS) is 11.1. The lowest BCUT2D eigenvalue weighted by Crippen LogP contribution is -2.30. The van der Waals surface area contributed by atoms with Crippen molar-refractivity contribution in [2.45, 2.75) is 11.8 Å². The number of nitrogens with one attached hydrogen (secondary N) is 3. The van der Waals surface area contributed by atoms with E-state index in [0.717, 1.165) is 4.90 Å². The fourth-order valence-electron chi connectivity index (χ4n) is 4.47. The van der Waals surface area contributed by atoms with Crippen molar-refractivity contribution in [3.8, 4) is 5.69 Å². The smallest absolute Gasteiger partial charge is 0.295 e. The second-order valence-electron chi connectivity index (χ2n) is 9.92. The number of nitrogens with zero attached hydrogens (tertiary/aromatic N) is 3. The Morgan fingerprint density at radius 3 is 2.33 bits per heavy atom. The van der Waals surface area contributed by atoms with Crippen LogP contribution in [0.1, 0.15) is 21.6 Å². The summed E-state index contributed by atoms with van der Waals surface area (Å²) in [5.74, 6) is -1.26. The molecule has 226 valence electrons. The minimum absolute atomic E-state index is 0.0358. The van der Waals surface area contributed by atoms with Crippen LogP contribution in [0.4, 0.5) is 11.4 Å². The van der Waals surface area contributed by atoms with Crippen molar-refractivity contribution >= 4 is 46.9 Å². The highest BCUT2D eigenvalue weighted by Gasteiger charge is 2.19. The summed E-state index contributed by atoms with van der Waals surface area (Å²) in [6.45, 7) is 1.77. The number of benzene rings is 3. The first-order valence-electron chi connectivity index (χ1n) is 14.0. The lowest BCUT2D eigenvalue weighted by Gasteiger charge is -2.12. The van der Waals surface area contributed by atoms with Gasteiger partial charge in [0, 0.05) is 35.6 Å². The number of amides is 3. The van der Waals surface area contributed by atoms with Crippen molar-refractivity contribution in [3.63, 3.8) is 0 Å². The second kappa shape index (κ2) is 14.2. The molecule has 3 N–H and O–H groups in total. The van der Waals surface area contributed by atoms with Gasteiger partial charge in [0.05, 0.1) is 17.1 Å². The zero-order valence-electron chi connectivity index (χ0n) is 24.6. The summed E-state index contributed by atoms with van der Waals surface area (Å²) in [6.07, 6.45) is 4.74. The second-order valence-corrected chi connectivity index (χ2v) is 11.0. The summed E-state index contributed by atoms with van der Waals surface area (Å²) in [6, 6.07) is 28.3. The molecule has 0 aliphatic carbocycles. The van der Waals surface area contributed by atoms with Gasteiger partial charge in [-0.2, -0.15) is 0 Å². The van der Waals surface area contributed by atoms with E-state index < -0.39 is 11.8 Å². The first-order valence-corrected chi connectivity index (χ1v) is 14.9. The maximum absolute atomic E-state index is 13.3. The highest BCUT2D eigenvalue weighted by atomic mass is 32.2. The maximum Gasteiger partial charge on any atom is 0.295 e. The quantitative estimate of drug-likeness (QED) is 0.149. The van der Waals surface area contributed by atoms with Crippen molar-refractivity contribution in [1.82, 2.24) is 19.7 Å². The van der Waals surface area contributed by atoms with Gasteiger partial charge in [0.2, 0.25) is 5.91 Å². The molecule has 0 unspecified atom stereocenters. The van der Waals surface area contributed by atoms with Gasteiger partial charge in [-0.1, -0.05) is 48.5 Å². The van der Waals surface area contributed by atoms with Gasteiger partial charge < -0.3 is 16.0 Å². The van der Waals surface area contributed by atoms with Crippen LogP contribution < -0.4 is 21.5 Å². The fourth-order valence-corrected chi connectivity index (χ4v) is 5.22. The number of carbonyl (C=O) groups is 3. The lowest BCUT2D eigenvalue weighted by molar-refractivity contribution is -0.114. The standard InChI is InChI=1S/C34H30N6O4S/c1-23-31(34(44)40(39(23)2)27-15-7-4-8-16-27)38-30(41)22-45-28-17-9-14-26(20-28)36-33(43)29(19-24-11-10-18-35-21-24)37-32(42)25-12-5-3-6-13-25/h3-21H,22H2,1-2H3,(H,36,43)(H,37,42)(H,38,41)/b29-19-. The van der Waals surface area contributed by atoms with E-state index in [-0.39, 0.29) is 28.6 Å². The van der Waals surface area contributed by atoms with Crippen molar-refractivity contribution < 1.29 is 14.4 Å². The number of hydrogen-bond acceptors (Lipinski definition) is 6. The van der Waals surface area contributed by atoms with Crippen LogP contribution in [-0.4, -0.2) is 37.8 Å². The number of pyridine rings is 1. The Balaban J connectivity index is 1.26. The van der Waals surface area contributed by atoms with E-state index in [1.54, 1.807) is 97.8 Å². The SMILES string of the molecule is Cc1c(NC(=O)CSc2cccc(NC(=O)/C(=C/c3cccnc3)NC(=O)c3ccccc3)c2)c(=O)n(-c2ccccc2)n1C. The van der Waals surface area contributed by atoms with Gasteiger partial charge in [0.1, 0.15) is 11.4 Å². The summed E-state index contributed by atoms with van der Waals surface area (Å²) in [7, 11) is 1.76. The highest BCUT2D eigenvalue weighted by molar-refractivity contribution is 8.00. The minimum atomic E-state index is -0.530. The van der Waals surface area contributed by atoms with Gasteiger partial charge >= 0.3 is 0 Å². The molecule has 0 aliphatic rings. The van der Waals surface area contributed by atoms with E-state index in [9.17, 15) is 19.2 Å². The molecule has 0 radical (unpaired) electrons. The van der Waals surface area contributed by atoms with E-state index >= 15 is 0 Å². The third kappa shape index (κ3) is 7.64. The molecular weight excluding hydrogens is 588 g/mol. The predicted molar refractivity (Wildman–Crippen MR) is 176 cm³/mol. The molecule has 0 spiro atoms. The molecule has 5 aromatic rings. The number of rotatable bonds is 10. The molecule has 45 heavy (non-hydrogen) atoms. The average molecular weight is 619 g/mol. The minimum Gasteiger partial charge on any atom is -0.321 e. The van der Waals surface area contributed by atoms with E-state index in [1.165, 1.54) is 16.4 Å². The zero-order chi connectivity index (χ0) is 31.8. The van der Waals surface area contributed by atoms with Crippen LogP contribution in [0, 0.1) is 6.92 Å². The molecule has 5 rings (SSSR count). The summed E-state index contributed by atoms with van der Waals surface area (Å²) in [5.41, 5.74) is 2.77. The topological polar surface area (TPSA) is 127 Å². The monoisotopic (exact) mass is 618 g/mol. The third-order valence-electron chi connectivity index (χ3n) is 6.80. The fraction of sp³-hybridized carbons (Fsp3) is 0.0882. The molecule has 11 heteroatoms. The molecule has 0 saturated heterocycles. The number of aromatic nitrogens is 3. The summed E-state index contributed by atoms with van der Waals surface area (Å²) in [4.78, 5) is 57.0. The van der Waals surface area contributed by atoms with Crippen molar-refractivity contribution in [1.29, 1.82) is 0 Å². The number of anilines is 2. The zero-order valence-corrected chi connectivity index (χ0v) is 25.4. The van der Waals surface area contributed by atoms with Crippen molar-refractivity contribution in [3.05, 3.63) is 142 Å². The van der Waals surface area contributed by atoms with Crippen molar-refractivity contribution in [2.75, 3.05) is 16.4 Å². The molecular formula is C34H30N6O4S. The van der Waals surface area contributed by atoms with E-state index in [0.29, 0.717) is 28.2 Å². The molecule has 2 heterocycles. The first kappa shape index (κ1) is 30.8. The molecule has 10 nitrogen and oxygen atoms in total. The molecule has 2 aromatic heterocycles. The molecule has 0 saturated carbocycles. The summed E-state index contributed by atoms with van der Waals surface area (Å²) < 4.78 is 3.20. The molecule has 0 atom stereocenters. The van der Waals surface area contributed by atoms with Crippen LogP contribution in [0.5, 0.6) is 0 Å². The largest absolute Gasteiger partial charge is 0.321 e. The van der Waals surface area contributed by atoms with Gasteiger partial charge in [-0.25, -0.2) is 4.68 Å². The van der Waals surface area contributed by atoms with E-state index in [2.05, 4.69) is 20.9 Å². The van der Waals surface area contributed by atoms with E-state index in [1.807, 2.05) is 36.4 Å². The van der Waals surface area contributed by atoms with Crippen LogP contribution in [0.25, 0.3) is 11.8 Å². The van der Waals surface area contributed by atoms with Gasteiger partial charge in [-0.3, -0.25) is 28.8 Å². The van der Waals surface area contributed by atoms with Crippen LogP contribution >= 0.6 is 11.8 Å². The molecule has 0 fully saturated rings. The summed E-state index contributed by atoms with van der Waals surface area (Å²) in [5, 5.41) is 8.28. The Morgan fingerprint density at radius 2 is 1.62 bits per heavy atom. The Labute approximate surface area is 263 Å². The van der Waals surface area contributed by atoms with Crippen molar-refractivity contribution in [2.24, 2.45) is 7.05 Å². The van der Waals surface area contributed by atoms with Crippen LogP contribution in [0.15, 0.2) is 125 Å². The van der Waals surface area contributed by atoms with Crippen LogP contribution in [-0.2, 0) is 16.6 Å². The Hall–Kier alpha value is -5.68. The lowest BCUT2D eigenvalue weighted by atomic mass is 10.2. The predicted octanol–water partition coefficient (Wildman–Crippen LogP) is 5.02. The van der Waals surface area contributed by atoms with Gasteiger partial charge in [0.15, 0.2) is 0 Å². The highest BCUT2D eigenvalue weighted by Crippen LogP contribution is 2.23. The number of thioether (sulfide) groups is 1. The molecule has 3 amide bonds. The number of para-hydroxylation sites is 1. The number of hydrogen-bond donors (Lipinski definition) is 3. The molecule has 0 bridgehead atoms. The molecule has 0 aliphatic heterocycles. The first-order chi connectivity index (χ1) is 21.8. The third-order valence-corrected chi connectivity index (χ3v) is 7.80. The van der Waals surface area contributed by atoms with E-state index in [4.69, 9.17) is 0 Å².